The molecule has 96 valence electrons. The number of nitrogens with one attached hydrogen (secondary N) is 1. The van der Waals surface area contributed by atoms with E-state index in [1.807, 2.05) is 14.1 Å². The van der Waals surface area contributed by atoms with E-state index in [0.29, 0.717) is 12.1 Å². The Labute approximate surface area is 102 Å². The highest BCUT2D eigenvalue weighted by atomic mass is 19.1. The number of nitrogens with zero attached hydrogens (tertiary/aromatic N) is 1. The Bertz CT molecular complexity index is 331. The topological polar surface area (TPSA) is 35.5 Å². The average molecular weight is 240 g/mol. The molecule has 17 heavy (non-hydrogen) atoms. The zero-order valence-corrected chi connectivity index (χ0v) is 10.5. The lowest BCUT2D eigenvalue weighted by atomic mass is 10.1. The van der Waals surface area contributed by atoms with Crippen molar-refractivity contribution in [3.8, 4) is 0 Å². The van der Waals surface area contributed by atoms with Crippen LogP contribution in [0.4, 0.5) is 4.39 Å². The monoisotopic (exact) mass is 240 g/mol. The Morgan fingerprint density at radius 2 is 2.18 bits per heavy atom. The molecule has 0 spiro atoms. The van der Waals surface area contributed by atoms with E-state index in [-0.39, 0.29) is 5.82 Å². The Morgan fingerprint density at radius 3 is 2.82 bits per heavy atom. The fourth-order valence-corrected chi connectivity index (χ4v) is 1.59. The number of hydrogen-bond donors (Lipinski definition) is 2. The van der Waals surface area contributed by atoms with Gasteiger partial charge in [-0.15, -0.1) is 0 Å². The molecular weight excluding hydrogens is 219 g/mol. The molecule has 1 rings (SSSR count). The van der Waals surface area contributed by atoms with Gasteiger partial charge in [-0.1, -0.05) is 12.1 Å². The molecule has 3 nitrogen and oxygen atoms in total. The fraction of sp³-hybridized carbons (Fsp3) is 0.538. The fourth-order valence-electron chi connectivity index (χ4n) is 1.59. The zero-order chi connectivity index (χ0) is 12.7. The minimum Gasteiger partial charge on any atom is -0.387 e. The predicted octanol–water partition coefficient (Wildman–Crippen LogP) is 1.40. The summed E-state index contributed by atoms with van der Waals surface area (Å²) in [5.74, 6) is -0.311. The van der Waals surface area contributed by atoms with Crippen molar-refractivity contribution in [2.24, 2.45) is 0 Å². The second-order valence-corrected chi connectivity index (χ2v) is 4.43. The third kappa shape index (κ3) is 5.77. The highest BCUT2D eigenvalue weighted by molar-refractivity contribution is 5.18. The van der Waals surface area contributed by atoms with Gasteiger partial charge in [0.1, 0.15) is 5.82 Å². The molecule has 4 heteroatoms. The van der Waals surface area contributed by atoms with Gasteiger partial charge in [0.25, 0.3) is 0 Å². The summed E-state index contributed by atoms with van der Waals surface area (Å²) in [5, 5.41) is 13.0. The van der Waals surface area contributed by atoms with E-state index in [1.165, 1.54) is 12.1 Å². The second-order valence-electron chi connectivity index (χ2n) is 4.43. The maximum atomic E-state index is 12.9. The molecule has 0 bridgehead atoms. The lowest BCUT2D eigenvalue weighted by Gasteiger charge is -2.13. The molecule has 2 N–H and O–H groups in total. The molecule has 1 atom stereocenters. The molecule has 0 aliphatic heterocycles. The first-order valence-corrected chi connectivity index (χ1v) is 5.88. The quantitative estimate of drug-likeness (QED) is 0.707. The molecule has 0 radical (unpaired) electrons. The van der Waals surface area contributed by atoms with Gasteiger partial charge in [0, 0.05) is 6.54 Å². The van der Waals surface area contributed by atoms with Crippen molar-refractivity contribution < 1.29 is 9.50 Å². The molecule has 1 aromatic rings. The zero-order valence-electron chi connectivity index (χ0n) is 10.5. The van der Waals surface area contributed by atoms with Crippen molar-refractivity contribution in [1.82, 2.24) is 10.2 Å². The molecular formula is C13H21FN2O. The van der Waals surface area contributed by atoms with Crippen LogP contribution >= 0.6 is 0 Å². The molecule has 0 heterocycles. The van der Waals surface area contributed by atoms with E-state index >= 15 is 0 Å². The SMILES string of the molecule is CN(C)CCCNCC(O)c1cccc(F)c1. The molecule has 1 unspecified atom stereocenters. The van der Waals surface area contributed by atoms with Crippen LogP contribution in [0.5, 0.6) is 0 Å². The Balaban J connectivity index is 2.23. The van der Waals surface area contributed by atoms with Crippen LogP contribution in [0, 0.1) is 5.82 Å². The number of rotatable bonds is 7. The summed E-state index contributed by atoms with van der Waals surface area (Å²) in [6.45, 7) is 2.32. The van der Waals surface area contributed by atoms with Crippen molar-refractivity contribution >= 4 is 0 Å². The first-order valence-electron chi connectivity index (χ1n) is 5.88. The van der Waals surface area contributed by atoms with E-state index < -0.39 is 6.10 Å². The van der Waals surface area contributed by atoms with Crippen molar-refractivity contribution in [3.63, 3.8) is 0 Å². The van der Waals surface area contributed by atoms with Gasteiger partial charge in [-0.2, -0.15) is 0 Å². The van der Waals surface area contributed by atoms with Gasteiger partial charge in [0.05, 0.1) is 6.10 Å². The molecule has 0 saturated heterocycles. The molecule has 0 saturated carbocycles. The van der Waals surface area contributed by atoms with Crippen LogP contribution in [0.25, 0.3) is 0 Å². The summed E-state index contributed by atoms with van der Waals surface area (Å²) in [7, 11) is 4.06. The standard InChI is InChI=1S/C13H21FN2O/c1-16(2)8-4-7-15-10-13(17)11-5-3-6-12(14)9-11/h3,5-6,9,13,15,17H,4,7-8,10H2,1-2H3. The van der Waals surface area contributed by atoms with Gasteiger partial charge in [-0.05, 0) is 51.3 Å². The minimum atomic E-state index is -0.648. The first-order chi connectivity index (χ1) is 8.09. The van der Waals surface area contributed by atoms with Crippen LogP contribution in [-0.4, -0.2) is 43.7 Å². The molecule has 0 aromatic heterocycles. The number of aliphatic hydroxyl groups excluding tert-OH is 1. The smallest absolute Gasteiger partial charge is 0.123 e. The molecule has 1 aromatic carbocycles. The van der Waals surface area contributed by atoms with Crippen LogP contribution in [0.1, 0.15) is 18.1 Å². The summed E-state index contributed by atoms with van der Waals surface area (Å²) in [5.41, 5.74) is 0.616. The van der Waals surface area contributed by atoms with Gasteiger partial charge >= 0.3 is 0 Å². The van der Waals surface area contributed by atoms with E-state index in [4.69, 9.17) is 0 Å². The van der Waals surface area contributed by atoms with Crippen molar-refractivity contribution in [1.29, 1.82) is 0 Å². The van der Waals surface area contributed by atoms with Crippen molar-refractivity contribution in [3.05, 3.63) is 35.6 Å². The van der Waals surface area contributed by atoms with Crippen LogP contribution in [0.3, 0.4) is 0 Å². The second kappa shape index (κ2) is 7.37. The average Bonchev–Trinajstić information content (AvgIpc) is 2.28. The number of aliphatic hydroxyl groups is 1. The number of halogens is 1. The first kappa shape index (κ1) is 14.1. The molecule has 0 aliphatic rings. The predicted molar refractivity (Wildman–Crippen MR) is 67.4 cm³/mol. The van der Waals surface area contributed by atoms with Crippen LogP contribution in [0.15, 0.2) is 24.3 Å². The summed E-state index contributed by atoms with van der Waals surface area (Å²) < 4.78 is 12.9. The summed E-state index contributed by atoms with van der Waals surface area (Å²) in [6, 6.07) is 6.09. The lowest BCUT2D eigenvalue weighted by molar-refractivity contribution is 0.174. The van der Waals surface area contributed by atoms with E-state index in [9.17, 15) is 9.50 Å². The van der Waals surface area contributed by atoms with Gasteiger partial charge in [0.2, 0.25) is 0 Å². The third-order valence-corrected chi connectivity index (χ3v) is 2.53. The van der Waals surface area contributed by atoms with Crippen molar-refractivity contribution in [2.45, 2.75) is 12.5 Å². The molecule has 0 fully saturated rings. The Morgan fingerprint density at radius 1 is 1.41 bits per heavy atom. The lowest BCUT2D eigenvalue weighted by Crippen LogP contribution is -2.25. The van der Waals surface area contributed by atoms with E-state index in [0.717, 1.165) is 19.5 Å². The van der Waals surface area contributed by atoms with E-state index in [1.54, 1.807) is 12.1 Å². The normalized spacial score (nSPS) is 13.0. The highest BCUT2D eigenvalue weighted by Crippen LogP contribution is 2.12. The maximum Gasteiger partial charge on any atom is 0.123 e. The summed E-state index contributed by atoms with van der Waals surface area (Å²) >= 11 is 0. The van der Waals surface area contributed by atoms with Gasteiger partial charge in [0.15, 0.2) is 0 Å². The Kier molecular flexibility index (Phi) is 6.11. The summed E-state index contributed by atoms with van der Waals surface area (Å²) in [6.07, 6.45) is 0.383. The Hall–Kier alpha value is -0.970. The van der Waals surface area contributed by atoms with Crippen LogP contribution < -0.4 is 5.32 Å². The van der Waals surface area contributed by atoms with Gasteiger partial charge in [-0.25, -0.2) is 4.39 Å². The molecule has 0 aliphatic carbocycles. The largest absolute Gasteiger partial charge is 0.387 e. The number of benzene rings is 1. The van der Waals surface area contributed by atoms with E-state index in [2.05, 4.69) is 10.2 Å². The van der Waals surface area contributed by atoms with Gasteiger partial charge < -0.3 is 15.3 Å². The van der Waals surface area contributed by atoms with Crippen LogP contribution in [-0.2, 0) is 0 Å². The third-order valence-electron chi connectivity index (χ3n) is 2.53. The number of hydrogen-bond acceptors (Lipinski definition) is 3. The summed E-state index contributed by atoms with van der Waals surface area (Å²) in [4.78, 5) is 2.12. The van der Waals surface area contributed by atoms with Crippen LogP contribution in [0.2, 0.25) is 0 Å². The van der Waals surface area contributed by atoms with Gasteiger partial charge in [-0.3, -0.25) is 0 Å². The molecule has 0 amide bonds. The maximum absolute atomic E-state index is 12.9. The van der Waals surface area contributed by atoms with Crippen molar-refractivity contribution in [2.75, 3.05) is 33.7 Å². The minimum absolute atomic E-state index is 0.311. The highest BCUT2D eigenvalue weighted by Gasteiger charge is 2.07.